The highest BCUT2D eigenvalue weighted by Crippen LogP contribution is 2.16. The van der Waals surface area contributed by atoms with E-state index in [4.69, 9.17) is 9.15 Å². The fourth-order valence-corrected chi connectivity index (χ4v) is 3.05. The molecule has 0 saturated heterocycles. The predicted molar refractivity (Wildman–Crippen MR) is 101 cm³/mol. The van der Waals surface area contributed by atoms with E-state index in [0.717, 1.165) is 30.2 Å². The lowest BCUT2D eigenvalue weighted by molar-refractivity contribution is -0.931. The molecule has 3 rings (SSSR count). The lowest BCUT2D eigenvalue weighted by Crippen LogP contribution is -3.10. The molecule has 1 aromatic heterocycles. The van der Waals surface area contributed by atoms with Crippen LogP contribution in [0.15, 0.2) is 77.4 Å². The maximum absolute atomic E-state index is 10.5. The molecule has 0 radical (unpaired) electrons. The first-order valence-corrected chi connectivity index (χ1v) is 8.97. The van der Waals surface area contributed by atoms with Crippen LogP contribution in [0.1, 0.15) is 16.9 Å². The van der Waals surface area contributed by atoms with Gasteiger partial charge in [0.05, 0.1) is 6.26 Å². The molecule has 0 aliphatic heterocycles. The molecule has 0 saturated carbocycles. The highest BCUT2D eigenvalue weighted by atomic mass is 16.5. The van der Waals surface area contributed by atoms with Gasteiger partial charge >= 0.3 is 0 Å². The third kappa shape index (κ3) is 5.48. The molecule has 2 N–H and O–H groups in total. The van der Waals surface area contributed by atoms with Crippen molar-refractivity contribution in [2.24, 2.45) is 0 Å². The normalized spacial score (nSPS) is 13.3. The van der Waals surface area contributed by atoms with Gasteiger partial charge in [-0.25, -0.2) is 0 Å². The van der Waals surface area contributed by atoms with Gasteiger partial charge in [0.1, 0.15) is 38.1 Å². The zero-order chi connectivity index (χ0) is 18.2. The smallest absolute Gasteiger partial charge is 0.157 e. The summed E-state index contributed by atoms with van der Waals surface area (Å²) in [6, 6.07) is 22.0. The minimum absolute atomic E-state index is 0.279. The van der Waals surface area contributed by atoms with E-state index in [1.807, 2.05) is 61.5 Å². The second-order valence-electron chi connectivity index (χ2n) is 6.60. The summed E-state index contributed by atoms with van der Waals surface area (Å²) in [4.78, 5) is 1.23. The van der Waals surface area contributed by atoms with Gasteiger partial charge in [0, 0.05) is 5.56 Å². The number of ether oxygens (including phenoxy) is 1. The van der Waals surface area contributed by atoms with Crippen molar-refractivity contribution in [2.75, 3.05) is 13.2 Å². The van der Waals surface area contributed by atoms with Gasteiger partial charge in [-0.05, 0) is 30.7 Å². The summed E-state index contributed by atoms with van der Waals surface area (Å²) in [5.41, 5.74) is 2.31. The van der Waals surface area contributed by atoms with Crippen LogP contribution in [0.2, 0.25) is 0 Å². The van der Waals surface area contributed by atoms with Crippen molar-refractivity contribution >= 4 is 0 Å². The van der Waals surface area contributed by atoms with Gasteiger partial charge < -0.3 is 19.2 Å². The number of furan rings is 1. The van der Waals surface area contributed by atoms with E-state index in [1.54, 1.807) is 6.26 Å². The van der Waals surface area contributed by atoms with Gasteiger partial charge in [-0.3, -0.25) is 0 Å². The summed E-state index contributed by atoms with van der Waals surface area (Å²) in [7, 11) is 0. The standard InChI is InChI=1S/C22H25NO3/c1-18-8-5-6-12-22(18)26-17-20(24)15-23(16-21-11-7-13-25-21)14-19-9-3-2-4-10-19/h2-13,20,24H,14-17H2,1H3/p+1/t20-/m1/s1. The maximum atomic E-state index is 10.5. The molecule has 3 aromatic rings. The van der Waals surface area contributed by atoms with Crippen LogP contribution < -0.4 is 9.64 Å². The third-order valence-corrected chi connectivity index (χ3v) is 4.35. The van der Waals surface area contributed by atoms with Crippen LogP contribution in [-0.2, 0) is 13.1 Å². The molecule has 0 amide bonds. The molecule has 1 heterocycles. The summed E-state index contributed by atoms with van der Waals surface area (Å²) >= 11 is 0. The monoisotopic (exact) mass is 352 g/mol. The molecule has 0 aliphatic rings. The molecule has 26 heavy (non-hydrogen) atoms. The fourth-order valence-electron chi connectivity index (χ4n) is 3.05. The van der Waals surface area contributed by atoms with Crippen LogP contribution in [-0.4, -0.2) is 24.4 Å². The van der Waals surface area contributed by atoms with Crippen molar-refractivity contribution in [3.8, 4) is 5.75 Å². The van der Waals surface area contributed by atoms with E-state index in [2.05, 4.69) is 12.1 Å². The zero-order valence-electron chi connectivity index (χ0n) is 15.1. The number of para-hydroxylation sites is 1. The first kappa shape index (κ1) is 18.2. The number of hydrogen-bond donors (Lipinski definition) is 2. The molecule has 0 bridgehead atoms. The third-order valence-electron chi connectivity index (χ3n) is 4.35. The molecular formula is C22H26NO3+. The topological polar surface area (TPSA) is 47.0 Å². The minimum Gasteiger partial charge on any atom is -0.490 e. The summed E-state index contributed by atoms with van der Waals surface area (Å²) in [6.07, 6.45) is 1.14. The number of benzene rings is 2. The second-order valence-corrected chi connectivity index (χ2v) is 6.60. The Kier molecular flexibility index (Phi) is 6.47. The lowest BCUT2D eigenvalue weighted by atomic mass is 10.2. The molecular weight excluding hydrogens is 326 g/mol. The molecule has 1 unspecified atom stereocenters. The van der Waals surface area contributed by atoms with Gasteiger partial charge in [0.15, 0.2) is 5.76 Å². The SMILES string of the molecule is Cc1ccccc1OC[C@H](O)C[NH+](Cc1ccccc1)Cc1ccco1. The average Bonchev–Trinajstić information content (AvgIpc) is 3.15. The Hall–Kier alpha value is -2.56. The number of aliphatic hydroxyl groups excluding tert-OH is 1. The van der Waals surface area contributed by atoms with Gasteiger partial charge in [-0.1, -0.05) is 48.5 Å². The molecule has 2 atom stereocenters. The van der Waals surface area contributed by atoms with Crippen molar-refractivity contribution < 1.29 is 19.2 Å². The maximum Gasteiger partial charge on any atom is 0.157 e. The molecule has 0 spiro atoms. The molecule has 2 aromatic carbocycles. The van der Waals surface area contributed by atoms with E-state index in [-0.39, 0.29) is 6.61 Å². The Labute approximate surface area is 154 Å². The van der Waals surface area contributed by atoms with E-state index in [0.29, 0.717) is 6.54 Å². The number of quaternary nitrogens is 1. The average molecular weight is 352 g/mol. The summed E-state index contributed by atoms with van der Waals surface area (Å²) in [5, 5.41) is 10.5. The molecule has 4 nitrogen and oxygen atoms in total. The van der Waals surface area contributed by atoms with Gasteiger partial charge in [0.25, 0.3) is 0 Å². The number of rotatable bonds is 9. The van der Waals surface area contributed by atoms with Crippen LogP contribution in [0.5, 0.6) is 5.75 Å². The number of hydrogen-bond acceptors (Lipinski definition) is 3. The van der Waals surface area contributed by atoms with Gasteiger partial charge in [-0.2, -0.15) is 0 Å². The van der Waals surface area contributed by atoms with E-state index >= 15 is 0 Å². The first-order valence-electron chi connectivity index (χ1n) is 8.97. The molecule has 0 fully saturated rings. The van der Waals surface area contributed by atoms with Crippen molar-refractivity contribution in [2.45, 2.75) is 26.1 Å². The highest BCUT2D eigenvalue weighted by molar-refractivity contribution is 5.31. The van der Waals surface area contributed by atoms with Gasteiger partial charge in [-0.15, -0.1) is 0 Å². The Morgan fingerprint density at radius 1 is 0.962 bits per heavy atom. The Balaban J connectivity index is 1.59. The molecule has 4 heteroatoms. The highest BCUT2D eigenvalue weighted by Gasteiger charge is 2.18. The second kappa shape index (κ2) is 9.22. The van der Waals surface area contributed by atoms with Gasteiger partial charge in [0.2, 0.25) is 0 Å². The van der Waals surface area contributed by atoms with Crippen molar-refractivity contribution in [3.05, 3.63) is 89.9 Å². The summed E-state index contributed by atoms with van der Waals surface area (Å²) < 4.78 is 11.3. The minimum atomic E-state index is -0.553. The van der Waals surface area contributed by atoms with Crippen LogP contribution in [0.25, 0.3) is 0 Å². The fraction of sp³-hybridized carbons (Fsp3) is 0.273. The number of aryl methyl sites for hydroxylation is 1. The Bertz CT molecular complexity index is 771. The van der Waals surface area contributed by atoms with E-state index in [9.17, 15) is 5.11 Å². The van der Waals surface area contributed by atoms with Crippen LogP contribution >= 0.6 is 0 Å². The number of aliphatic hydroxyl groups is 1. The lowest BCUT2D eigenvalue weighted by Gasteiger charge is -2.22. The molecule has 136 valence electrons. The number of nitrogens with one attached hydrogen (secondary N) is 1. The van der Waals surface area contributed by atoms with Crippen LogP contribution in [0.3, 0.4) is 0 Å². The predicted octanol–water partition coefficient (Wildman–Crippen LogP) is 2.61. The van der Waals surface area contributed by atoms with Crippen LogP contribution in [0, 0.1) is 6.92 Å². The summed E-state index contributed by atoms with van der Waals surface area (Å²) in [5.74, 6) is 1.74. The summed E-state index contributed by atoms with van der Waals surface area (Å²) in [6.45, 7) is 4.42. The van der Waals surface area contributed by atoms with Crippen molar-refractivity contribution in [1.82, 2.24) is 0 Å². The quantitative estimate of drug-likeness (QED) is 0.622. The van der Waals surface area contributed by atoms with E-state index in [1.165, 1.54) is 10.5 Å². The first-order chi connectivity index (χ1) is 12.7. The Morgan fingerprint density at radius 3 is 2.46 bits per heavy atom. The largest absolute Gasteiger partial charge is 0.490 e. The zero-order valence-corrected chi connectivity index (χ0v) is 15.1. The van der Waals surface area contributed by atoms with Crippen molar-refractivity contribution in [1.29, 1.82) is 0 Å². The van der Waals surface area contributed by atoms with Crippen LogP contribution in [0.4, 0.5) is 0 Å². The Morgan fingerprint density at radius 2 is 1.73 bits per heavy atom. The van der Waals surface area contributed by atoms with E-state index < -0.39 is 6.10 Å². The molecule has 0 aliphatic carbocycles. The van der Waals surface area contributed by atoms with Crippen molar-refractivity contribution in [3.63, 3.8) is 0 Å².